The molecule has 0 amide bonds. The number of carbonyl (C=O) groups excluding carboxylic acids is 1. The molecule has 7 heteroatoms. The molecule has 1 fully saturated rings. The number of esters is 1. The van der Waals surface area contributed by atoms with Crippen LogP contribution in [0.25, 0.3) is 0 Å². The van der Waals surface area contributed by atoms with Crippen LogP contribution in [0.2, 0.25) is 0 Å². The highest BCUT2D eigenvalue weighted by atomic mass is 16.9. The first-order valence-corrected chi connectivity index (χ1v) is 6.05. The van der Waals surface area contributed by atoms with E-state index in [0.717, 1.165) is 12.8 Å². The molecule has 2 atom stereocenters. The summed E-state index contributed by atoms with van der Waals surface area (Å²) in [7, 11) is 2.04. The van der Waals surface area contributed by atoms with E-state index in [1.54, 1.807) is 0 Å². The van der Waals surface area contributed by atoms with E-state index < -0.39 is 5.09 Å². The van der Waals surface area contributed by atoms with Crippen molar-refractivity contribution < 1.29 is 19.8 Å². The molecule has 7 nitrogen and oxygen atoms in total. The molecule has 19 heavy (non-hydrogen) atoms. The van der Waals surface area contributed by atoms with Gasteiger partial charge in [-0.2, -0.15) is 0 Å². The molecule has 0 bridgehead atoms. The number of rotatable bonds is 3. The summed E-state index contributed by atoms with van der Waals surface area (Å²) in [5.41, 5.74) is 1.27. The highest BCUT2D eigenvalue weighted by molar-refractivity contribution is 5.74. The Balaban J connectivity index is 0.000000399. The fourth-order valence-electron chi connectivity index (χ4n) is 2.28. The zero-order valence-electron chi connectivity index (χ0n) is 11.0. The van der Waals surface area contributed by atoms with Crippen LogP contribution in [-0.4, -0.2) is 27.4 Å². The summed E-state index contributed by atoms with van der Waals surface area (Å²) in [6, 6.07) is 4.14. The molecule has 0 saturated carbocycles. The third-order valence-corrected chi connectivity index (χ3v) is 3.27. The van der Waals surface area contributed by atoms with Gasteiger partial charge in [0, 0.05) is 24.9 Å². The standard InChI is InChI=1S/C12H17NO2.HNO3/c1-3-11-9(8-15-12(11)14)7-10-5-4-6-13(10)2;2-1(3)4/h4-6,9,11H,3,7-8H2,1-2H3;(H,2,3,4). The Bertz CT molecular complexity index is 439. The van der Waals surface area contributed by atoms with Crippen molar-refractivity contribution in [2.75, 3.05) is 6.61 Å². The van der Waals surface area contributed by atoms with Gasteiger partial charge in [0.05, 0.1) is 12.5 Å². The van der Waals surface area contributed by atoms with Gasteiger partial charge in [-0.3, -0.25) is 4.79 Å². The monoisotopic (exact) mass is 270 g/mol. The largest absolute Gasteiger partial charge is 0.465 e. The molecule has 2 unspecified atom stereocenters. The lowest BCUT2D eigenvalue weighted by atomic mass is 9.89. The minimum atomic E-state index is -1.50. The normalized spacial score (nSPS) is 21.5. The number of cyclic esters (lactones) is 1. The van der Waals surface area contributed by atoms with Crippen LogP contribution in [0.3, 0.4) is 0 Å². The lowest BCUT2D eigenvalue weighted by Crippen LogP contribution is -2.18. The molecule has 1 aromatic rings. The molecule has 0 spiro atoms. The third-order valence-electron chi connectivity index (χ3n) is 3.27. The van der Waals surface area contributed by atoms with Crippen LogP contribution in [0.5, 0.6) is 0 Å². The maximum atomic E-state index is 11.4. The van der Waals surface area contributed by atoms with Crippen molar-refractivity contribution in [3.05, 3.63) is 34.1 Å². The molecule has 0 aromatic carbocycles. The van der Waals surface area contributed by atoms with Crippen molar-refractivity contribution in [3.8, 4) is 0 Å². The molecular weight excluding hydrogens is 252 g/mol. The maximum Gasteiger partial charge on any atom is 0.309 e. The van der Waals surface area contributed by atoms with Crippen LogP contribution in [-0.2, 0) is 23.0 Å². The number of aromatic nitrogens is 1. The number of hydrogen-bond donors (Lipinski definition) is 1. The van der Waals surface area contributed by atoms with E-state index in [1.807, 2.05) is 19.3 Å². The second-order valence-corrected chi connectivity index (χ2v) is 4.46. The first-order chi connectivity index (χ1) is 8.95. The van der Waals surface area contributed by atoms with Crippen LogP contribution in [0, 0.1) is 22.0 Å². The highest BCUT2D eigenvalue weighted by Gasteiger charge is 2.35. The van der Waals surface area contributed by atoms with Crippen molar-refractivity contribution in [3.63, 3.8) is 0 Å². The smallest absolute Gasteiger partial charge is 0.309 e. The van der Waals surface area contributed by atoms with Gasteiger partial charge in [-0.1, -0.05) is 6.92 Å². The number of hydrogen-bond acceptors (Lipinski definition) is 4. The Hall–Kier alpha value is -2.05. The minimum Gasteiger partial charge on any atom is -0.465 e. The second-order valence-electron chi connectivity index (χ2n) is 4.46. The summed E-state index contributed by atoms with van der Waals surface area (Å²) in [6.45, 7) is 2.64. The molecule has 0 aliphatic carbocycles. The first kappa shape index (κ1) is 15.0. The van der Waals surface area contributed by atoms with Crippen LogP contribution in [0.4, 0.5) is 0 Å². The molecule has 0 radical (unpaired) electrons. The van der Waals surface area contributed by atoms with Crippen LogP contribution in [0.15, 0.2) is 18.3 Å². The van der Waals surface area contributed by atoms with E-state index >= 15 is 0 Å². The zero-order valence-corrected chi connectivity index (χ0v) is 11.0. The molecular formula is C12H18N2O5. The fourth-order valence-corrected chi connectivity index (χ4v) is 2.28. The SMILES string of the molecule is CCC1C(=O)OCC1Cc1cccn1C.O=[N+]([O-])O. The van der Waals surface area contributed by atoms with Gasteiger partial charge in [0.15, 0.2) is 0 Å². The lowest BCUT2D eigenvalue weighted by Gasteiger charge is -2.13. The average molecular weight is 270 g/mol. The predicted molar refractivity (Wildman–Crippen MR) is 66.1 cm³/mol. The number of nitrogens with zero attached hydrogens (tertiary/aromatic N) is 2. The summed E-state index contributed by atoms with van der Waals surface area (Å²) in [4.78, 5) is 19.8. The van der Waals surface area contributed by atoms with E-state index in [1.165, 1.54) is 5.69 Å². The van der Waals surface area contributed by atoms with Crippen LogP contribution >= 0.6 is 0 Å². The molecule has 2 heterocycles. The van der Waals surface area contributed by atoms with Gasteiger partial charge in [-0.15, -0.1) is 10.1 Å². The molecule has 1 aromatic heterocycles. The summed E-state index contributed by atoms with van der Waals surface area (Å²) >= 11 is 0. The molecule has 1 N–H and O–H groups in total. The molecule has 1 aliphatic rings. The van der Waals surface area contributed by atoms with E-state index in [0.29, 0.717) is 12.5 Å². The molecule has 1 aliphatic heterocycles. The minimum absolute atomic E-state index is 0.0169. The average Bonchev–Trinajstić information content (AvgIpc) is 2.86. The highest BCUT2D eigenvalue weighted by Crippen LogP contribution is 2.28. The summed E-state index contributed by atoms with van der Waals surface area (Å²) in [5, 5.41) is 13.6. The second kappa shape index (κ2) is 6.77. The quantitative estimate of drug-likeness (QED) is 0.509. The Kier molecular flexibility index (Phi) is 5.35. The van der Waals surface area contributed by atoms with Crippen molar-refractivity contribution >= 4 is 5.97 Å². The van der Waals surface area contributed by atoms with Gasteiger partial charge >= 0.3 is 5.97 Å². The Morgan fingerprint density at radius 3 is 2.74 bits per heavy atom. The van der Waals surface area contributed by atoms with Gasteiger partial charge in [-0.05, 0) is 25.0 Å². The number of ether oxygens (including phenoxy) is 1. The summed E-state index contributed by atoms with van der Waals surface area (Å²) in [6.07, 6.45) is 3.86. The molecule has 2 rings (SSSR count). The summed E-state index contributed by atoms with van der Waals surface area (Å²) in [5.74, 6) is 0.438. The van der Waals surface area contributed by atoms with Crippen molar-refractivity contribution in [2.45, 2.75) is 19.8 Å². The number of aryl methyl sites for hydroxylation is 1. The van der Waals surface area contributed by atoms with Gasteiger partial charge in [0.1, 0.15) is 0 Å². The van der Waals surface area contributed by atoms with Crippen LogP contribution in [0.1, 0.15) is 19.0 Å². The molecule has 1 saturated heterocycles. The Morgan fingerprint density at radius 1 is 1.63 bits per heavy atom. The number of carbonyl (C=O) groups is 1. The van der Waals surface area contributed by atoms with E-state index in [9.17, 15) is 4.79 Å². The third kappa shape index (κ3) is 4.27. The maximum absolute atomic E-state index is 11.4. The molecule has 106 valence electrons. The Morgan fingerprint density at radius 2 is 2.26 bits per heavy atom. The van der Waals surface area contributed by atoms with Gasteiger partial charge in [0.25, 0.3) is 5.09 Å². The van der Waals surface area contributed by atoms with E-state index in [2.05, 4.69) is 17.6 Å². The van der Waals surface area contributed by atoms with Gasteiger partial charge in [-0.25, -0.2) is 0 Å². The van der Waals surface area contributed by atoms with E-state index in [-0.39, 0.29) is 11.9 Å². The topological polar surface area (TPSA) is 94.6 Å². The van der Waals surface area contributed by atoms with Crippen molar-refractivity contribution in [2.24, 2.45) is 18.9 Å². The Labute approximate surface area is 110 Å². The fraction of sp³-hybridized carbons (Fsp3) is 0.583. The first-order valence-electron chi connectivity index (χ1n) is 6.05. The van der Waals surface area contributed by atoms with Crippen molar-refractivity contribution in [1.29, 1.82) is 0 Å². The lowest BCUT2D eigenvalue weighted by molar-refractivity contribution is -0.742. The van der Waals surface area contributed by atoms with E-state index in [4.69, 9.17) is 20.1 Å². The van der Waals surface area contributed by atoms with Crippen LogP contribution < -0.4 is 0 Å². The summed E-state index contributed by atoms with van der Waals surface area (Å²) < 4.78 is 7.22. The van der Waals surface area contributed by atoms with Gasteiger partial charge in [0.2, 0.25) is 0 Å². The van der Waals surface area contributed by atoms with Gasteiger partial charge < -0.3 is 14.5 Å². The van der Waals surface area contributed by atoms with Crippen molar-refractivity contribution in [1.82, 2.24) is 4.57 Å². The zero-order chi connectivity index (χ0) is 14.4. The predicted octanol–water partition coefficient (Wildman–Crippen LogP) is 1.42.